The van der Waals surface area contributed by atoms with E-state index >= 15 is 0 Å². The molecule has 1 aromatic heterocycles. The minimum Gasteiger partial charge on any atom is -0.369 e. The zero-order valence-corrected chi connectivity index (χ0v) is 12.7. The topological polar surface area (TPSA) is 72.1 Å². The molecule has 0 unspecified atom stereocenters. The Balaban J connectivity index is 1.83. The Morgan fingerprint density at radius 1 is 1.18 bits per heavy atom. The normalized spacial score (nSPS) is 15.8. The minimum atomic E-state index is -0.191. The Labute approximate surface area is 130 Å². The van der Waals surface area contributed by atoms with Gasteiger partial charge in [0.1, 0.15) is 5.82 Å². The zero-order chi connectivity index (χ0) is 15.5. The van der Waals surface area contributed by atoms with Gasteiger partial charge in [0, 0.05) is 36.3 Å². The molecule has 1 aliphatic heterocycles. The summed E-state index contributed by atoms with van der Waals surface area (Å²) >= 11 is 0. The highest BCUT2D eigenvalue weighted by Gasteiger charge is 2.24. The van der Waals surface area contributed by atoms with Gasteiger partial charge in [-0.05, 0) is 19.8 Å². The Morgan fingerprint density at radius 2 is 1.86 bits per heavy atom. The minimum absolute atomic E-state index is 0.00669. The third-order valence-corrected chi connectivity index (χ3v) is 4.09. The van der Waals surface area contributed by atoms with Gasteiger partial charge >= 0.3 is 0 Å². The van der Waals surface area contributed by atoms with E-state index in [1.165, 1.54) is 0 Å². The molecule has 114 valence electrons. The van der Waals surface area contributed by atoms with Crippen LogP contribution in [0.5, 0.6) is 0 Å². The summed E-state index contributed by atoms with van der Waals surface area (Å²) in [4.78, 5) is 22.7. The highest BCUT2D eigenvalue weighted by atomic mass is 16.1. The number of hydrogen-bond donors (Lipinski definition) is 1. The van der Waals surface area contributed by atoms with Crippen molar-refractivity contribution in [2.45, 2.75) is 19.8 Å². The van der Waals surface area contributed by atoms with E-state index in [0.717, 1.165) is 48.8 Å². The maximum Gasteiger partial charge on any atom is 0.220 e. The summed E-state index contributed by atoms with van der Waals surface area (Å²) in [5, 5.41) is 0. The highest BCUT2D eigenvalue weighted by molar-refractivity contribution is 5.77. The molecule has 0 aliphatic carbocycles. The van der Waals surface area contributed by atoms with E-state index in [1.54, 1.807) is 0 Å². The Hall–Kier alpha value is -2.43. The second-order valence-electron chi connectivity index (χ2n) is 5.72. The van der Waals surface area contributed by atoms with Crippen LogP contribution in [0.2, 0.25) is 0 Å². The molecule has 2 N–H and O–H groups in total. The average molecular weight is 296 g/mol. The van der Waals surface area contributed by atoms with Gasteiger partial charge in [-0.2, -0.15) is 0 Å². The van der Waals surface area contributed by atoms with Gasteiger partial charge in [-0.25, -0.2) is 9.97 Å². The van der Waals surface area contributed by atoms with Gasteiger partial charge < -0.3 is 10.6 Å². The molecule has 0 radical (unpaired) electrons. The first-order chi connectivity index (χ1) is 10.6. The number of aromatic nitrogens is 2. The molecular formula is C17H20N4O. The Bertz CT molecular complexity index is 664. The summed E-state index contributed by atoms with van der Waals surface area (Å²) in [6.45, 7) is 3.59. The summed E-state index contributed by atoms with van der Waals surface area (Å²) in [7, 11) is 0. The summed E-state index contributed by atoms with van der Waals surface area (Å²) in [6, 6.07) is 12.0. The molecule has 22 heavy (non-hydrogen) atoms. The van der Waals surface area contributed by atoms with E-state index in [2.05, 4.69) is 9.88 Å². The zero-order valence-electron chi connectivity index (χ0n) is 12.7. The first-order valence-corrected chi connectivity index (χ1v) is 7.59. The van der Waals surface area contributed by atoms with E-state index in [0.29, 0.717) is 0 Å². The number of carbonyl (C=O) groups excluding carboxylic acids is 1. The predicted molar refractivity (Wildman–Crippen MR) is 86.3 cm³/mol. The number of benzene rings is 1. The number of nitrogens with two attached hydrogens (primary N) is 1. The maximum absolute atomic E-state index is 11.3. The molecule has 0 bridgehead atoms. The number of hydrogen-bond acceptors (Lipinski definition) is 4. The van der Waals surface area contributed by atoms with Gasteiger partial charge in [0.15, 0.2) is 5.82 Å². The third kappa shape index (κ3) is 3.08. The number of amides is 1. The van der Waals surface area contributed by atoms with Gasteiger partial charge in [0.25, 0.3) is 0 Å². The molecular weight excluding hydrogens is 276 g/mol. The largest absolute Gasteiger partial charge is 0.369 e. The van der Waals surface area contributed by atoms with Gasteiger partial charge in [-0.3, -0.25) is 4.79 Å². The lowest BCUT2D eigenvalue weighted by Gasteiger charge is -2.31. The van der Waals surface area contributed by atoms with Crippen LogP contribution >= 0.6 is 0 Å². The van der Waals surface area contributed by atoms with Crippen LogP contribution in [0, 0.1) is 12.8 Å². The molecule has 2 heterocycles. The highest BCUT2D eigenvalue weighted by Crippen LogP contribution is 2.24. The van der Waals surface area contributed by atoms with Crippen LogP contribution in [-0.4, -0.2) is 29.0 Å². The molecule has 1 amide bonds. The predicted octanol–water partition coefficient (Wildman–Crippen LogP) is 2.15. The van der Waals surface area contributed by atoms with Gasteiger partial charge in [0.05, 0.1) is 0 Å². The van der Waals surface area contributed by atoms with E-state index < -0.39 is 0 Å². The van der Waals surface area contributed by atoms with Crippen molar-refractivity contribution < 1.29 is 4.79 Å². The number of nitrogens with zero attached hydrogens (tertiary/aromatic N) is 3. The summed E-state index contributed by atoms with van der Waals surface area (Å²) < 4.78 is 0. The van der Waals surface area contributed by atoms with Crippen LogP contribution in [-0.2, 0) is 4.79 Å². The van der Waals surface area contributed by atoms with Crippen molar-refractivity contribution in [3.05, 3.63) is 42.1 Å². The first-order valence-electron chi connectivity index (χ1n) is 7.59. The van der Waals surface area contributed by atoms with Crippen molar-refractivity contribution >= 4 is 11.7 Å². The van der Waals surface area contributed by atoms with Crippen molar-refractivity contribution in [1.29, 1.82) is 0 Å². The molecule has 1 aromatic carbocycles. The molecule has 1 aliphatic rings. The van der Waals surface area contributed by atoms with E-state index in [4.69, 9.17) is 10.7 Å². The summed E-state index contributed by atoms with van der Waals surface area (Å²) in [6.07, 6.45) is 1.58. The molecule has 3 rings (SSSR count). The molecule has 0 saturated carbocycles. The van der Waals surface area contributed by atoms with E-state index in [9.17, 15) is 4.79 Å². The average Bonchev–Trinajstić information content (AvgIpc) is 2.55. The van der Waals surface area contributed by atoms with E-state index in [-0.39, 0.29) is 11.8 Å². The van der Waals surface area contributed by atoms with Crippen LogP contribution in [0.3, 0.4) is 0 Å². The lowest BCUT2D eigenvalue weighted by atomic mass is 9.96. The fourth-order valence-corrected chi connectivity index (χ4v) is 2.82. The van der Waals surface area contributed by atoms with Crippen molar-refractivity contribution in [3.8, 4) is 11.4 Å². The van der Waals surface area contributed by atoms with Crippen LogP contribution in [0.25, 0.3) is 11.4 Å². The molecule has 5 heteroatoms. The van der Waals surface area contributed by atoms with Crippen LogP contribution in [0.15, 0.2) is 36.4 Å². The maximum atomic E-state index is 11.3. The van der Waals surface area contributed by atoms with Gasteiger partial charge in [0.2, 0.25) is 5.91 Å². The van der Waals surface area contributed by atoms with Crippen LogP contribution in [0.4, 0.5) is 5.82 Å². The van der Waals surface area contributed by atoms with Crippen LogP contribution in [0.1, 0.15) is 18.5 Å². The second-order valence-corrected chi connectivity index (χ2v) is 5.72. The summed E-state index contributed by atoms with van der Waals surface area (Å²) in [5.41, 5.74) is 7.35. The Morgan fingerprint density at radius 3 is 2.50 bits per heavy atom. The molecule has 2 aromatic rings. The monoisotopic (exact) mass is 296 g/mol. The van der Waals surface area contributed by atoms with Crippen molar-refractivity contribution in [2.24, 2.45) is 11.7 Å². The standard InChI is InChI=1S/C17H20N4O/c1-12-11-15(21-9-7-13(8-10-21)16(18)22)20-17(19-12)14-5-3-2-4-6-14/h2-6,11,13H,7-10H2,1H3,(H2,18,22). The quantitative estimate of drug-likeness (QED) is 0.942. The Kier molecular flexibility index (Phi) is 4.04. The molecule has 0 spiro atoms. The van der Waals surface area contributed by atoms with Gasteiger partial charge in [-0.1, -0.05) is 30.3 Å². The molecule has 0 atom stereocenters. The number of rotatable bonds is 3. The SMILES string of the molecule is Cc1cc(N2CCC(C(N)=O)CC2)nc(-c2ccccc2)n1. The number of piperidine rings is 1. The number of carbonyl (C=O) groups is 1. The second kappa shape index (κ2) is 6.13. The number of primary amides is 1. The third-order valence-electron chi connectivity index (χ3n) is 4.09. The van der Waals surface area contributed by atoms with Crippen molar-refractivity contribution in [1.82, 2.24) is 9.97 Å². The first kappa shape index (κ1) is 14.5. The van der Waals surface area contributed by atoms with Crippen molar-refractivity contribution in [3.63, 3.8) is 0 Å². The summed E-state index contributed by atoms with van der Waals surface area (Å²) in [5.74, 6) is 1.47. The molecule has 5 nitrogen and oxygen atoms in total. The lowest BCUT2D eigenvalue weighted by Crippen LogP contribution is -2.39. The lowest BCUT2D eigenvalue weighted by molar-refractivity contribution is -0.122. The fraction of sp³-hybridized carbons (Fsp3) is 0.353. The molecule has 1 fully saturated rings. The molecule has 1 saturated heterocycles. The number of anilines is 1. The van der Waals surface area contributed by atoms with Crippen molar-refractivity contribution in [2.75, 3.05) is 18.0 Å². The van der Waals surface area contributed by atoms with Crippen LogP contribution < -0.4 is 10.6 Å². The fourth-order valence-electron chi connectivity index (χ4n) is 2.82. The van der Waals surface area contributed by atoms with E-state index in [1.807, 2.05) is 43.3 Å². The van der Waals surface area contributed by atoms with Gasteiger partial charge in [-0.15, -0.1) is 0 Å². The number of aryl methyl sites for hydroxylation is 1. The smallest absolute Gasteiger partial charge is 0.220 e.